The Balaban J connectivity index is 1.54. The molecule has 7 heteroatoms. The van der Waals surface area contributed by atoms with Gasteiger partial charge in [-0.2, -0.15) is 0 Å². The lowest BCUT2D eigenvalue weighted by Gasteiger charge is -2.35. The number of hydrogen-bond acceptors (Lipinski definition) is 6. The first-order valence-electron chi connectivity index (χ1n) is 9.67. The molecule has 0 saturated carbocycles. The molecule has 2 aromatic heterocycles. The van der Waals surface area contributed by atoms with Gasteiger partial charge in [-0.1, -0.05) is 18.2 Å². The SMILES string of the molecule is CC(C)NC(=O)CN1CCN(c2nc(-c3cccs3)nc3ccccc23)CC1. The molecule has 0 radical (unpaired) electrons. The molecule has 1 aliphatic heterocycles. The summed E-state index contributed by atoms with van der Waals surface area (Å²) in [5.41, 5.74) is 0.967. The molecule has 0 bridgehead atoms. The lowest BCUT2D eigenvalue weighted by atomic mass is 10.2. The van der Waals surface area contributed by atoms with Crippen LogP contribution >= 0.6 is 11.3 Å². The number of fused-ring (bicyclic) bond motifs is 1. The molecular formula is C21H25N5OS. The molecule has 1 amide bonds. The molecule has 3 aromatic rings. The minimum atomic E-state index is 0.0934. The van der Waals surface area contributed by atoms with E-state index >= 15 is 0 Å². The zero-order chi connectivity index (χ0) is 19.5. The number of nitrogens with one attached hydrogen (secondary N) is 1. The van der Waals surface area contributed by atoms with Crippen molar-refractivity contribution < 1.29 is 4.79 Å². The summed E-state index contributed by atoms with van der Waals surface area (Å²) >= 11 is 1.66. The molecular weight excluding hydrogens is 370 g/mol. The molecule has 0 unspecified atom stereocenters. The molecule has 0 spiro atoms. The average molecular weight is 396 g/mol. The summed E-state index contributed by atoms with van der Waals surface area (Å²) in [6.45, 7) is 7.81. The van der Waals surface area contributed by atoms with E-state index in [1.54, 1.807) is 11.3 Å². The Labute approximate surface area is 169 Å². The number of anilines is 1. The summed E-state index contributed by atoms with van der Waals surface area (Å²) in [5, 5.41) is 6.09. The maximum absolute atomic E-state index is 12.0. The molecule has 0 aliphatic carbocycles. The largest absolute Gasteiger partial charge is 0.353 e. The van der Waals surface area contributed by atoms with Gasteiger partial charge in [-0.25, -0.2) is 9.97 Å². The second kappa shape index (κ2) is 8.24. The minimum Gasteiger partial charge on any atom is -0.353 e. The number of carbonyl (C=O) groups excluding carboxylic acids is 1. The number of nitrogens with zero attached hydrogens (tertiary/aromatic N) is 4. The topological polar surface area (TPSA) is 61.4 Å². The molecule has 146 valence electrons. The first-order chi connectivity index (χ1) is 13.6. The quantitative estimate of drug-likeness (QED) is 0.720. The average Bonchev–Trinajstić information content (AvgIpc) is 3.22. The molecule has 1 N–H and O–H groups in total. The summed E-state index contributed by atoms with van der Waals surface area (Å²) in [5.74, 6) is 1.86. The number of thiophene rings is 1. The minimum absolute atomic E-state index is 0.0934. The Morgan fingerprint density at radius 1 is 1.11 bits per heavy atom. The van der Waals surface area contributed by atoms with Crippen LogP contribution in [-0.4, -0.2) is 59.5 Å². The highest BCUT2D eigenvalue weighted by Crippen LogP contribution is 2.29. The zero-order valence-corrected chi connectivity index (χ0v) is 17.1. The van der Waals surface area contributed by atoms with Crippen molar-refractivity contribution >= 4 is 34.0 Å². The first-order valence-corrected chi connectivity index (χ1v) is 10.6. The van der Waals surface area contributed by atoms with Gasteiger partial charge in [0.25, 0.3) is 0 Å². The second-order valence-electron chi connectivity index (χ2n) is 7.35. The third-order valence-electron chi connectivity index (χ3n) is 4.81. The Kier molecular flexibility index (Phi) is 5.54. The number of benzene rings is 1. The first kappa shape index (κ1) is 18.8. The van der Waals surface area contributed by atoms with Crippen molar-refractivity contribution in [1.82, 2.24) is 20.2 Å². The van der Waals surface area contributed by atoms with Crippen LogP contribution in [0.15, 0.2) is 41.8 Å². The van der Waals surface area contributed by atoms with Crippen molar-refractivity contribution in [1.29, 1.82) is 0 Å². The van der Waals surface area contributed by atoms with Gasteiger partial charge in [0, 0.05) is 37.6 Å². The van der Waals surface area contributed by atoms with E-state index in [1.165, 1.54) is 0 Å². The van der Waals surface area contributed by atoms with Crippen LogP contribution in [0.4, 0.5) is 5.82 Å². The van der Waals surface area contributed by atoms with Gasteiger partial charge in [0.05, 0.1) is 16.9 Å². The molecule has 28 heavy (non-hydrogen) atoms. The Morgan fingerprint density at radius 2 is 1.89 bits per heavy atom. The summed E-state index contributed by atoms with van der Waals surface area (Å²) < 4.78 is 0. The lowest BCUT2D eigenvalue weighted by molar-refractivity contribution is -0.122. The second-order valence-corrected chi connectivity index (χ2v) is 8.30. The fourth-order valence-electron chi connectivity index (χ4n) is 3.51. The fraction of sp³-hybridized carbons (Fsp3) is 0.381. The fourth-order valence-corrected chi connectivity index (χ4v) is 4.16. The monoisotopic (exact) mass is 395 g/mol. The van der Waals surface area contributed by atoms with Crippen LogP contribution in [0.2, 0.25) is 0 Å². The number of aromatic nitrogens is 2. The number of para-hydroxylation sites is 1. The third-order valence-corrected chi connectivity index (χ3v) is 5.68. The zero-order valence-electron chi connectivity index (χ0n) is 16.3. The van der Waals surface area contributed by atoms with E-state index in [0.717, 1.165) is 53.6 Å². The van der Waals surface area contributed by atoms with Crippen LogP contribution in [0.3, 0.4) is 0 Å². The summed E-state index contributed by atoms with van der Waals surface area (Å²) in [4.78, 5) is 27.3. The molecule has 4 rings (SSSR count). The van der Waals surface area contributed by atoms with Gasteiger partial charge in [0.1, 0.15) is 5.82 Å². The summed E-state index contributed by atoms with van der Waals surface area (Å²) in [6.07, 6.45) is 0. The van der Waals surface area contributed by atoms with Crippen molar-refractivity contribution in [2.75, 3.05) is 37.6 Å². The van der Waals surface area contributed by atoms with E-state index in [9.17, 15) is 4.79 Å². The van der Waals surface area contributed by atoms with Gasteiger partial charge >= 0.3 is 0 Å². The van der Waals surface area contributed by atoms with Crippen molar-refractivity contribution in [3.05, 3.63) is 41.8 Å². The van der Waals surface area contributed by atoms with Crippen LogP contribution in [-0.2, 0) is 4.79 Å². The van der Waals surface area contributed by atoms with E-state index in [2.05, 4.69) is 32.6 Å². The molecule has 1 aliphatic rings. The van der Waals surface area contributed by atoms with Crippen LogP contribution < -0.4 is 10.2 Å². The molecule has 1 aromatic carbocycles. The van der Waals surface area contributed by atoms with Crippen molar-refractivity contribution in [3.8, 4) is 10.7 Å². The Hall–Kier alpha value is -2.51. The van der Waals surface area contributed by atoms with Gasteiger partial charge in [0.15, 0.2) is 5.82 Å². The standard InChI is InChI=1S/C21H25N5OS/c1-15(2)22-19(27)14-25-9-11-26(12-10-25)21-16-6-3-4-7-17(16)23-20(24-21)18-8-5-13-28-18/h3-8,13,15H,9-12,14H2,1-2H3,(H,22,27). The van der Waals surface area contributed by atoms with E-state index in [1.807, 2.05) is 38.1 Å². The number of piperazine rings is 1. The number of rotatable bonds is 5. The number of amides is 1. The maximum Gasteiger partial charge on any atom is 0.234 e. The number of carbonyl (C=O) groups is 1. The van der Waals surface area contributed by atoms with Crippen molar-refractivity contribution in [2.45, 2.75) is 19.9 Å². The maximum atomic E-state index is 12.0. The normalized spacial score (nSPS) is 15.3. The highest BCUT2D eigenvalue weighted by Gasteiger charge is 2.22. The van der Waals surface area contributed by atoms with Gasteiger partial charge in [-0.15, -0.1) is 11.3 Å². The van der Waals surface area contributed by atoms with Crippen LogP contribution in [0.5, 0.6) is 0 Å². The predicted octanol–water partition coefficient (Wildman–Crippen LogP) is 3.00. The van der Waals surface area contributed by atoms with E-state index in [0.29, 0.717) is 6.54 Å². The molecule has 1 fully saturated rings. The molecule has 1 saturated heterocycles. The third kappa shape index (κ3) is 4.15. The molecule has 6 nitrogen and oxygen atoms in total. The highest BCUT2D eigenvalue weighted by atomic mass is 32.1. The highest BCUT2D eigenvalue weighted by molar-refractivity contribution is 7.13. The Morgan fingerprint density at radius 3 is 2.61 bits per heavy atom. The van der Waals surface area contributed by atoms with Crippen LogP contribution in [0.25, 0.3) is 21.6 Å². The van der Waals surface area contributed by atoms with Gasteiger partial charge in [-0.05, 0) is 37.4 Å². The molecule has 3 heterocycles. The van der Waals surface area contributed by atoms with Crippen LogP contribution in [0, 0.1) is 0 Å². The Bertz CT molecular complexity index is 949. The number of hydrogen-bond donors (Lipinski definition) is 1. The van der Waals surface area contributed by atoms with Gasteiger partial charge in [-0.3, -0.25) is 9.69 Å². The smallest absolute Gasteiger partial charge is 0.234 e. The van der Waals surface area contributed by atoms with Gasteiger partial charge < -0.3 is 10.2 Å². The lowest BCUT2D eigenvalue weighted by Crippen LogP contribution is -2.50. The summed E-state index contributed by atoms with van der Waals surface area (Å²) in [6, 6.07) is 12.4. The van der Waals surface area contributed by atoms with E-state index in [4.69, 9.17) is 9.97 Å². The van der Waals surface area contributed by atoms with E-state index in [-0.39, 0.29) is 11.9 Å². The molecule has 0 atom stereocenters. The predicted molar refractivity (Wildman–Crippen MR) is 115 cm³/mol. The van der Waals surface area contributed by atoms with Crippen LogP contribution in [0.1, 0.15) is 13.8 Å². The van der Waals surface area contributed by atoms with E-state index < -0.39 is 0 Å². The van der Waals surface area contributed by atoms with Crippen molar-refractivity contribution in [2.24, 2.45) is 0 Å². The summed E-state index contributed by atoms with van der Waals surface area (Å²) in [7, 11) is 0. The van der Waals surface area contributed by atoms with Crippen molar-refractivity contribution in [3.63, 3.8) is 0 Å². The van der Waals surface area contributed by atoms with Gasteiger partial charge in [0.2, 0.25) is 5.91 Å².